The molecule has 0 fully saturated rings. The Morgan fingerprint density at radius 2 is 1.85 bits per heavy atom. The number of ether oxygens (including phenoxy) is 2. The third-order valence-corrected chi connectivity index (χ3v) is 3.24. The van der Waals surface area contributed by atoms with Crippen molar-refractivity contribution < 1.29 is 9.47 Å². The van der Waals surface area contributed by atoms with Crippen LogP contribution < -0.4 is 10.1 Å². The highest BCUT2D eigenvalue weighted by molar-refractivity contribution is 5.35. The highest BCUT2D eigenvalue weighted by atomic mass is 16.5. The Bertz CT molecular complexity index is 355. The maximum Gasteiger partial charge on any atom is 0.124 e. The zero-order valence-corrected chi connectivity index (χ0v) is 13.2. The number of hydrogen-bond donors (Lipinski definition) is 1. The monoisotopic (exact) mass is 279 g/mol. The lowest BCUT2D eigenvalue weighted by Gasteiger charge is -2.18. The zero-order valence-electron chi connectivity index (χ0n) is 13.2. The zero-order chi connectivity index (χ0) is 14.6. The van der Waals surface area contributed by atoms with E-state index >= 15 is 0 Å². The van der Waals surface area contributed by atoms with Crippen LogP contribution in [0.25, 0.3) is 0 Å². The number of nitrogens with one attached hydrogen (secondary N) is 1. The van der Waals surface area contributed by atoms with Crippen molar-refractivity contribution in [3.8, 4) is 5.75 Å². The molecule has 1 N–H and O–H groups in total. The Morgan fingerprint density at radius 3 is 2.60 bits per heavy atom. The second-order valence-electron chi connectivity index (χ2n) is 4.97. The van der Waals surface area contributed by atoms with Gasteiger partial charge in [0.25, 0.3) is 0 Å². The Hall–Kier alpha value is -1.06. The second-order valence-corrected chi connectivity index (χ2v) is 4.97. The summed E-state index contributed by atoms with van der Waals surface area (Å²) in [5.74, 6) is 0.981. The molecule has 0 spiro atoms. The lowest BCUT2D eigenvalue weighted by atomic mass is 10.1. The average molecular weight is 279 g/mol. The van der Waals surface area contributed by atoms with E-state index in [0.717, 1.165) is 38.3 Å². The van der Waals surface area contributed by atoms with Crippen LogP contribution in [0.4, 0.5) is 0 Å². The predicted molar refractivity (Wildman–Crippen MR) is 84.4 cm³/mol. The van der Waals surface area contributed by atoms with E-state index in [1.807, 2.05) is 19.1 Å². The van der Waals surface area contributed by atoms with E-state index < -0.39 is 0 Å². The van der Waals surface area contributed by atoms with Gasteiger partial charge in [-0.15, -0.1) is 0 Å². The summed E-state index contributed by atoms with van der Waals surface area (Å²) in [6.45, 7) is 9.77. The summed E-state index contributed by atoms with van der Waals surface area (Å²) in [7, 11) is 0. The lowest BCUT2D eigenvalue weighted by molar-refractivity contribution is 0.128. The molecule has 3 heteroatoms. The molecule has 0 radical (unpaired) electrons. The van der Waals surface area contributed by atoms with Crippen LogP contribution in [0.5, 0.6) is 5.75 Å². The standard InChI is InChI=1S/C17H29NO2/c1-4-6-13-19-14-9-12-18-15(3)16-10-7-8-11-17(16)20-5-2/h7-8,10-11,15,18H,4-6,9,12-14H2,1-3H3. The summed E-state index contributed by atoms with van der Waals surface area (Å²) >= 11 is 0. The number of unbranched alkanes of at least 4 members (excludes halogenated alkanes) is 1. The van der Waals surface area contributed by atoms with Gasteiger partial charge in [-0.2, -0.15) is 0 Å². The van der Waals surface area contributed by atoms with Crippen molar-refractivity contribution in [2.45, 2.75) is 46.1 Å². The van der Waals surface area contributed by atoms with Crippen molar-refractivity contribution in [2.75, 3.05) is 26.4 Å². The predicted octanol–water partition coefficient (Wildman–Crippen LogP) is 3.94. The topological polar surface area (TPSA) is 30.5 Å². The number of para-hydroxylation sites is 1. The minimum atomic E-state index is 0.299. The minimum Gasteiger partial charge on any atom is -0.494 e. The van der Waals surface area contributed by atoms with E-state index in [4.69, 9.17) is 9.47 Å². The first kappa shape index (κ1) is 17.0. The van der Waals surface area contributed by atoms with Gasteiger partial charge in [0.05, 0.1) is 6.61 Å². The molecule has 1 aromatic rings. The lowest BCUT2D eigenvalue weighted by Crippen LogP contribution is -2.21. The van der Waals surface area contributed by atoms with Gasteiger partial charge in [-0.25, -0.2) is 0 Å². The van der Waals surface area contributed by atoms with Gasteiger partial charge in [0.1, 0.15) is 5.75 Å². The van der Waals surface area contributed by atoms with Gasteiger partial charge in [0.2, 0.25) is 0 Å². The van der Waals surface area contributed by atoms with Crippen LogP contribution in [-0.4, -0.2) is 26.4 Å². The van der Waals surface area contributed by atoms with Gasteiger partial charge >= 0.3 is 0 Å². The molecule has 0 aliphatic heterocycles. The molecule has 1 atom stereocenters. The summed E-state index contributed by atoms with van der Waals surface area (Å²) in [5.41, 5.74) is 1.22. The second kappa shape index (κ2) is 10.7. The van der Waals surface area contributed by atoms with E-state index in [1.165, 1.54) is 12.0 Å². The quantitative estimate of drug-likeness (QED) is 0.622. The largest absolute Gasteiger partial charge is 0.494 e. The molecule has 0 saturated heterocycles. The molecule has 20 heavy (non-hydrogen) atoms. The van der Waals surface area contributed by atoms with E-state index in [2.05, 4.69) is 31.3 Å². The number of benzene rings is 1. The van der Waals surface area contributed by atoms with Gasteiger partial charge < -0.3 is 14.8 Å². The van der Waals surface area contributed by atoms with Gasteiger partial charge in [0, 0.05) is 24.8 Å². The Morgan fingerprint density at radius 1 is 1.10 bits per heavy atom. The molecular formula is C17H29NO2. The van der Waals surface area contributed by atoms with E-state index in [1.54, 1.807) is 0 Å². The van der Waals surface area contributed by atoms with Crippen LogP contribution >= 0.6 is 0 Å². The molecule has 1 unspecified atom stereocenters. The van der Waals surface area contributed by atoms with Crippen LogP contribution in [0.3, 0.4) is 0 Å². The van der Waals surface area contributed by atoms with Gasteiger partial charge in [-0.3, -0.25) is 0 Å². The van der Waals surface area contributed by atoms with Crippen molar-refractivity contribution in [3.63, 3.8) is 0 Å². The van der Waals surface area contributed by atoms with Crippen molar-refractivity contribution in [2.24, 2.45) is 0 Å². The van der Waals surface area contributed by atoms with Crippen molar-refractivity contribution in [3.05, 3.63) is 29.8 Å². The van der Waals surface area contributed by atoms with Crippen molar-refractivity contribution in [1.82, 2.24) is 5.32 Å². The molecule has 0 aliphatic rings. The number of rotatable bonds is 11. The summed E-state index contributed by atoms with van der Waals surface area (Å²) in [6.07, 6.45) is 3.40. The highest BCUT2D eigenvalue weighted by Gasteiger charge is 2.09. The molecule has 114 valence electrons. The van der Waals surface area contributed by atoms with E-state index in [0.29, 0.717) is 12.6 Å². The highest BCUT2D eigenvalue weighted by Crippen LogP contribution is 2.24. The molecule has 1 aromatic carbocycles. The average Bonchev–Trinajstić information content (AvgIpc) is 2.47. The number of hydrogen-bond acceptors (Lipinski definition) is 3. The van der Waals surface area contributed by atoms with Crippen molar-refractivity contribution >= 4 is 0 Å². The summed E-state index contributed by atoms with van der Waals surface area (Å²) in [4.78, 5) is 0. The van der Waals surface area contributed by atoms with Crippen LogP contribution in [0.1, 0.15) is 51.6 Å². The fourth-order valence-corrected chi connectivity index (χ4v) is 2.08. The molecule has 0 aromatic heterocycles. The van der Waals surface area contributed by atoms with Crippen LogP contribution in [0, 0.1) is 0 Å². The smallest absolute Gasteiger partial charge is 0.124 e. The fourth-order valence-electron chi connectivity index (χ4n) is 2.08. The Labute approximate surface area is 123 Å². The Kier molecular flexibility index (Phi) is 9.09. The first-order valence-corrected chi connectivity index (χ1v) is 7.82. The van der Waals surface area contributed by atoms with E-state index in [-0.39, 0.29) is 0 Å². The van der Waals surface area contributed by atoms with Crippen LogP contribution in [-0.2, 0) is 4.74 Å². The molecule has 0 bridgehead atoms. The summed E-state index contributed by atoms with van der Waals surface area (Å²) in [6, 6.07) is 8.53. The van der Waals surface area contributed by atoms with Crippen LogP contribution in [0.15, 0.2) is 24.3 Å². The summed E-state index contributed by atoms with van der Waals surface area (Å²) < 4.78 is 11.2. The summed E-state index contributed by atoms with van der Waals surface area (Å²) in [5, 5.41) is 3.53. The normalized spacial score (nSPS) is 12.3. The molecule has 0 saturated carbocycles. The first-order chi connectivity index (χ1) is 9.79. The maximum atomic E-state index is 5.67. The van der Waals surface area contributed by atoms with Gasteiger partial charge in [0.15, 0.2) is 0 Å². The first-order valence-electron chi connectivity index (χ1n) is 7.82. The van der Waals surface area contributed by atoms with Crippen LogP contribution in [0.2, 0.25) is 0 Å². The fraction of sp³-hybridized carbons (Fsp3) is 0.647. The SMILES string of the molecule is CCCCOCCCNC(C)c1ccccc1OCC. The third kappa shape index (κ3) is 6.40. The molecule has 1 rings (SSSR count). The molecule has 0 aliphatic carbocycles. The molecular weight excluding hydrogens is 250 g/mol. The third-order valence-electron chi connectivity index (χ3n) is 3.24. The van der Waals surface area contributed by atoms with Gasteiger partial charge in [-0.1, -0.05) is 31.5 Å². The van der Waals surface area contributed by atoms with Gasteiger partial charge in [-0.05, 0) is 39.3 Å². The molecule has 3 nitrogen and oxygen atoms in total. The van der Waals surface area contributed by atoms with E-state index in [9.17, 15) is 0 Å². The minimum absolute atomic E-state index is 0.299. The Balaban J connectivity index is 2.27. The molecule has 0 heterocycles. The molecule has 0 amide bonds. The maximum absolute atomic E-state index is 5.67. The van der Waals surface area contributed by atoms with Crippen molar-refractivity contribution in [1.29, 1.82) is 0 Å².